The summed E-state index contributed by atoms with van der Waals surface area (Å²) in [5, 5.41) is 12.1. The zero-order valence-corrected chi connectivity index (χ0v) is 11.5. The summed E-state index contributed by atoms with van der Waals surface area (Å²) in [6.45, 7) is 0. The van der Waals surface area contributed by atoms with Gasteiger partial charge in [-0.2, -0.15) is 0 Å². The lowest BCUT2D eigenvalue weighted by atomic mass is 10.0. The molecule has 18 heavy (non-hydrogen) atoms. The van der Waals surface area contributed by atoms with Gasteiger partial charge in [0.2, 0.25) is 0 Å². The number of carbonyl (C=O) groups is 1. The number of carbonyl (C=O) groups excluding carboxylic acids is 1. The molecular formula is C15H27NO2. The summed E-state index contributed by atoms with van der Waals surface area (Å²) in [5.74, 6) is 0.0485. The lowest BCUT2D eigenvalue weighted by Gasteiger charge is -2.03. The summed E-state index contributed by atoms with van der Waals surface area (Å²) < 4.78 is 0. The van der Waals surface area contributed by atoms with Crippen molar-refractivity contribution in [1.29, 1.82) is 0 Å². The van der Waals surface area contributed by atoms with Crippen molar-refractivity contribution < 1.29 is 10.0 Å². The summed E-state index contributed by atoms with van der Waals surface area (Å²) in [6.07, 6.45) is 14.5. The van der Waals surface area contributed by atoms with Crippen LogP contribution in [0.3, 0.4) is 0 Å². The standard InChI is InChI=1S/C15H27NO2/c17-15-13-11-9-7-5-3-1-2-4-6-8-10-12-14(15)16-18/h18H,1-13H2. The van der Waals surface area contributed by atoms with Crippen molar-refractivity contribution in [2.45, 2.75) is 83.5 Å². The maximum absolute atomic E-state index is 11.8. The second kappa shape index (κ2) is 10.1. The molecule has 0 atom stereocenters. The van der Waals surface area contributed by atoms with Crippen LogP contribution >= 0.6 is 0 Å². The van der Waals surface area contributed by atoms with Gasteiger partial charge in [0.15, 0.2) is 5.78 Å². The number of Topliss-reactive ketones (excluding diaryl/α,β-unsaturated/α-hetero) is 1. The Morgan fingerprint density at radius 1 is 0.667 bits per heavy atom. The Morgan fingerprint density at radius 3 is 1.50 bits per heavy atom. The fourth-order valence-corrected chi connectivity index (χ4v) is 2.56. The van der Waals surface area contributed by atoms with Crippen LogP contribution in [-0.2, 0) is 4.79 Å². The molecule has 0 saturated heterocycles. The number of hydrogen-bond donors (Lipinski definition) is 1. The van der Waals surface area contributed by atoms with Crippen LogP contribution in [-0.4, -0.2) is 16.7 Å². The van der Waals surface area contributed by atoms with Crippen LogP contribution in [0.5, 0.6) is 0 Å². The fraction of sp³-hybridized carbons (Fsp3) is 0.867. The van der Waals surface area contributed by atoms with Crippen molar-refractivity contribution in [2.75, 3.05) is 0 Å². The number of hydrogen-bond acceptors (Lipinski definition) is 3. The number of rotatable bonds is 0. The predicted octanol–water partition coefficient (Wildman–Crippen LogP) is 4.47. The van der Waals surface area contributed by atoms with Crippen LogP contribution in [0.25, 0.3) is 0 Å². The maximum Gasteiger partial charge on any atom is 0.180 e. The summed E-state index contributed by atoms with van der Waals surface area (Å²) in [7, 11) is 0. The summed E-state index contributed by atoms with van der Waals surface area (Å²) in [4.78, 5) is 11.8. The Morgan fingerprint density at radius 2 is 1.06 bits per heavy atom. The van der Waals surface area contributed by atoms with Gasteiger partial charge >= 0.3 is 0 Å². The highest BCUT2D eigenvalue weighted by Gasteiger charge is 2.11. The molecule has 1 aliphatic rings. The van der Waals surface area contributed by atoms with Crippen LogP contribution in [0.4, 0.5) is 0 Å². The van der Waals surface area contributed by atoms with E-state index in [1.54, 1.807) is 0 Å². The van der Waals surface area contributed by atoms with Crippen molar-refractivity contribution in [2.24, 2.45) is 5.16 Å². The fourth-order valence-electron chi connectivity index (χ4n) is 2.56. The van der Waals surface area contributed by atoms with E-state index in [2.05, 4.69) is 5.16 Å². The molecule has 0 amide bonds. The molecule has 0 radical (unpaired) electrons. The average Bonchev–Trinajstić information content (AvgIpc) is 2.39. The Hall–Kier alpha value is -0.860. The normalized spacial score (nSPS) is 24.4. The van der Waals surface area contributed by atoms with Crippen molar-refractivity contribution >= 4 is 11.5 Å². The van der Waals surface area contributed by atoms with Gasteiger partial charge in [-0.3, -0.25) is 4.79 Å². The van der Waals surface area contributed by atoms with E-state index in [1.807, 2.05) is 0 Å². The van der Waals surface area contributed by atoms with Gasteiger partial charge in [0, 0.05) is 6.42 Å². The van der Waals surface area contributed by atoms with Crippen molar-refractivity contribution in [1.82, 2.24) is 0 Å². The van der Waals surface area contributed by atoms with Gasteiger partial charge in [0.25, 0.3) is 0 Å². The zero-order chi connectivity index (χ0) is 13.1. The summed E-state index contributed by atoms with van der Waals surface area (Å²) in [6, 6.07) is 0. The van der Waals surface area contributed by atoms with E-state index in [0.717, 1.165) is 25.7 Å². The molecule has 0 bridgehead atoms. The smallest absolute Gasteiger partial charge is 0.180 e. The Bertz CT molecular complexity index is 261. The zero-order valence-electron chi connectivity index (χ0n) is 11.5. The maximum atomic E-state index is 11.8. The van der Waals surface area contributed by atoms with E-state index >= 15 is 0 Å². The SMILES string of the molecule is O=C1CCCCCCCCCCCCCC1=NO. The minimum atomic E-state index is 0.0485. The van der Waals surface area contributed by atoms with Crippen LogP contribution < -0.4 is 0 Å². The first-order valence-electron chi connectivity index (χ1n) is 7.58. The second-order valence-electron chi connectivity index (χ2n) is 5.36. The van der Waals surface area contributed by atoms with Gasteiger partial charge in [-0.25, -0.2) is 0 Å². The Kier molecular flexibility index (Phi) is 8.53. The summed E-state index contributed by atoms with van der Waals surface area (Å²) in [5.41, 5.74) is 0.393. The highest BCUT2D eigenvalue weighted by atomic mass is 16.4. The highest BCUT2D eigenvalue weighted by Crippen LogP contribution is 2.14. The van der Waals surface area contributed by atoms with Crippen molar-refractivity contribution in [3.05, 3.63) is 0 Å². The Balaban J connectivity index is 2.36. The van der Waals surface area contributed by atoms with Gasteiger partial charge in [-0.1, -0.05) is 62.9 Å². The molecule has 0 aromatic carbocycles. The molecule has 0 aliphatic heterocycles. The Labute approximate surface area is 111 Å². The van der Waals surface area contributed by atoms with E-state index in [4.69, 9.17) is 5.21 Å². The average molecular weight is 253 g/mol. The van der Waals surface area contributed by atoms with Crippen LogP contribution in [0.15, 0.2) is 5.16 Å². The quantitative estimate of drug-likeness (QED) is 0.511. The second-order valence-corrected chi connectivity index (χ2v) is 5.36. The molecule has 0 aromatic heterocycles. The van der Waals surface area contributed by atoms with Gasteiger partial charge < -0.3 is 5.21 Å². The molecule has 0 spiro atoms. The molecular weight excluding hydrogens is 226 g/mol. The molecule has 1 fully saturated rings. The van der Waals surface area contributed by atoms with E-state index in [-0.39, 0.29) is 5.78 Å². The first-order valence-corrected chi connectivity index (χ1v) is 7.58. The van der Waals surface area contributed by atoms with Crippen molar-refractivity contribution in [3.8, 4) is 0 Å². The minimum absolute atomic E-state index is 0.0485. The number of ketones is 1. The molecule has 1 rings (SSSR count). The third-order valence-electron chi connectivity index (χ3n) is 3.76. The molecule has 0 aromatic rings. The van der Waals surface area contributed by atoms with Crippen molar-refractivity contribution in [3.63, 3.8) is 0 Å². The molecule has 3 heteroatoms. The first kappa shape index (κ1) is 15.2. The van der Waals surface area contributed by atoms with Gasteiger partial charge in [0.05, 0.1) is 0 Å². The van der Waals surface area contributed by atoms with E-state index in [1.165, 1.54) is 44.9 Å². The van der Waals surface area contributed by atoms with E-state index < -0.39 is 0 Å². The first-order chi connectivity index (χ1) is 8.84. The van der Waals surface area contributed by atoms with Crippen LogP contribution in [0.2, 0.25) is 0 Å². The topological polar surface area (TPSA) is 49.7 Å². The summed E-state index contributed by atoms with van der Waals surface area (Å²) >= 11 is 0. The predicted molar refractivity (Wildman–Crippen MR) is 74.2 cm³/mol. The van der Waals surface area contributed by atoms with Crippen LogP contribution in [0.1, 0.15) is 83.5 Å². The molecule has 0 unspecified atom stereocenters. The van der Waals surface area contributed by atoms with E-state index in [9.17, 15) is 4.79 Å². The third kappa shape index (κ3) is 6.77. The lowest BCUT2D eigenvalue weighted by molar-refractivity contribution is -0.113. The largest absolute Gasteiger partial charge is 0.411 e. The number of oxime groups is 1. The molecule has 0 heterocycles. The highest BCUT2D eigenvalue weighted by molar-refractivity contribution is 6.39. The lowest BCUT2D eigenvalue weighted by Crippen LogP contribution is -2.14. The van der Waals surface area contributed by atoms with Crippen LogP contribution in [0, 0.1) is 0 Å². The molecule has 1 saturated carbocycles. The molecule has 1 aliphatic carbocycles. The molecule has 1 N–H and O–H groups in total. The molecule has 104 valence electrons. The monoisotopic (exact) mass is 253 g/mol. The van der Waals surface area contributed by atoms with Gasteiger partial charge in [0.1, 0.15) is 5.71 Å². The molecule has 3 nitrogen and oxygen atoms in total. The van der Waals surface area contributed by atoms with E-state index in [0.29, 0.717) is 18.6 Å². The third-order valence-corrected chi connectivity index (χ3v) is 3.76. The van der Waals surface area contributed by atoms with Gasteiger partial charge in [-0.15, -0.1) is 0 Å². The number of nitrogens with zero attached hydrogens (tertiary/aromatic N) is 1. The minimum Gasteiger partial charge on any atom is -0.411 e. The van der Waals surface area contributed by atoms with Gasteiger partial charge in [-0.05, 0) is 19.3 Å².